The molecule has 8 atom stereocenters. The SMILES string of the molecule is C[C@H](C/C=C/[C@@H](C)[C@H]1CC[C@H]2[C@@H]3CCC4=CC(=O)C=C[C@]4(C)[C@H]3CC[C@]12C)C(=O)O. The van der Waals surface area contributed by atoms with E-state index in [1.165, 1.54) is 37.7 Å². The van der Waals surface area contributed by atoms with Crippen molar-refractivity contribution in [2.24, 2.45) is 46.3 Å². The first-order chi connectivity index (χ1) is 14.2. The standard InChI is InChI=1S/C27H38O3/c1-17(6-5-7-18(2)25(29)30)22-10-11-23-21-9-8-19-16-20(28)12-14-26(19,3)24(21)13-15-27(22,23)4/h5-6,12,14,16-18,21-24H,7-11,13,15H2,1-4H3,(H,29,30)/b6-5+/t17-,18-,21+,22-,23+,24+,26+,27-/m1/s1. The Balaban J connectivity index is 1.50. The zero-order chi connectivity index (χ0) is 21.7. The van der Waals surface area contributed by atoms with Gasteiger partial charge in [0, 0.05) is 5.41 Å². The Morgan fingerprint density at radius 3 is 2.70 bits per heavy atom. The predicted octanol–water partition coefficient (Wildman–Crippen LogP) is 6.21. The predicted molar refractivity (Wildman–Crippen MR) is 120 cm³/mol. The Hall–Kier alpha value is -1.64. The van der Waals surface area contributed by atoms with E-state index in [0.717, 1.165) is 18.3 Å². The van der Waals surface area contributed by atoms with Gasteiger partial charge in [-0.1, -0.05) is 51.5 Å². The molecule has 0 aromatic rings. The number of rotatable bonds is 5. The molecule has 3 fully saturated rings. The Morgan fingerprint density at radius 2 is 1.97 bits per heavy atom. The molecule has 4 aliphatic carbocycles. The van der Waals surface area contributed by atoms with Crippen LogP contribution in [0.5, 0.6) is 0 Å². The molecule has 0 bridgehead atoms. The lowest BCUT2D eigenvalue weighted by Crippen LogP contribution is -2.50. The van der Waals surface area contributed by atoms with Crippen LogP contribution in [0.1, 0.15) is 72.6 Å². The quantitative estimate of drug-likeness (QED) is 0.548. The van der Waals surface area contributed by atoms with Crippen molar-refractivity contribution in [1.82, 2.24) is 0 Å². The molecule has 3 nitrogen and oxygen atoms in total. The van der Waals surface area contributed by atoms with Crippen LogP contribution in [-0.2, 0) is 9.59 Å². The van der Waals surface area contributed by atoms with Crippen LogP contribution in [0.2, 0.25) is 0 Å². The molecule has 30 heavy (non-hydrogen) atoms. The minimum absolute atomic E-state index is 0.0781. The second kappa shape index (κ2) is 7.80. The number of allylic oxidation sites excluding steroid dienone is 6. The Bertz CT molecular complexity index is 805. The van der Waals surface area contributed by atoms with Crippen LogP contribution >= 0.6 is 0 Å². The molecule has 0 aromatic carbocycles. The van der Waals surface area contributed by atoms with E-state index < -0.39 is 5.97 Å². The molecular formula is C27H38O3. The number of fused-ring (bicyclic) bond motifs is 5. The molecule has 0 heterocycles. The van der Waals surface area contributed by atoms with E-state index in [2.05, 4.69) is 39.0 Å². The fraction of sp³-hybridized carbons (Fsp3) is 0.704. The molecule has 0 saturated heterocycles. The zero-order valence-electron chi connectivity index (χ0n) is 19.1. The fourth-order valence-corrected chi connectivity index (χ4v) is 7.83. The van der Waals surface area contributed by atoms with Crippen molar-refractivity contribution in [3.8, 4) is 0 Å². The van der Waals surface area contributed by atoms with Crippen molar-refractivity contribution in [2.45, 2.75) is 72.6 Å². The van der Waals surface area contributed by atoms with Crippen LogP contribution in [0.15, 0.2) is 36.0 Å². The van der Waals surface area contributed by atoms with Gasteiger partial charge in [-0.25, -0.2) is 0 Å². The summed E-state index contributed by atoms with van der Waals surface area (Å²) >= 11 is 0. The molecule has 0 aliphatic heterocycles. The summed E-state index contributed by atoms with van der Waals surface area (Å²) in [5, 5.41) is 9.12. The summed E-state index contributed by atoms with van der Waals surface area (Å²) < 4.78 is 0. The van der Waals surface area contributed by atoms with Crippen molar-refractivity contribution in [3.63, 3.8) is 0 Å². The molecule has 4 rings (SSSR count). The van der Waals surface area contributed by atoms with Crippen LogP contribution in [-0.4, -0.2) is 16.9 Å². The van der Waals surface area contributed by atoms with E-state index >= 15 is 0 Å². The van der Waals surface area contributed by atoms with Crippen molar-refractivity contribution in [2.75, 3.05) is 0 Å². The highest BCUT2D eigenvalue weighted by molar-refractivity contribution is 6.01. The van der Waals surface area contributed by atoms with Crippen LogP contribution in [0, 0.1) is 46.3 Å². The first kappa shape index (κ1) is 21.6. The van der Waals surface area contributed by atoms with Crippen molar-refractivity contribution >= 4 is 11.8 Å². The van der Waals surface area contributed by atoms with E-state index in [1.807, 2.05) is 12.2 Å². The van der Waals surface area contributed by atoms with Gasteiger partial charge in [-0.15, -0.1) is 0 Å². The van der Waals surface area contributed by atoms with Gasteiger partial charge >= 0.3 is 5.97 Å². The highest BCUT2D eigenvalue weighted by atomic mass is 16.4. The van der Waals surface area contributed by atoms with E-state index in [-0.39, 0.29) is 17.1 Å². The maximum Gasteiger partial charge on any atom is 0.306 e. The minimum Gasteiger partial charge on any atom is -0.481 e. The Kier molecular flexibility index (Phi) is 5.61. The van der Waals surface area contributed by atoms with Gasteiger partial charge in [0.05, 0.1) is 5.92 Å². The molecule has 0 spiro atoms. The number of hydrogen-bond acceptors (Lipinski definition) is 2. The van der Waals surface area contributed by atoms with Crippen molar-refractivity contribution in [3.05, 3.63) is 36.0 Å². The van der Waals surface area contributed by atoms with Crippen molar-refractivity contribution < 1.29 is 14.7 Å². The molecule has 3 saturated carbocycles. The number of carboxylic acids is 1. The zero-order valence-corrected chi connectivity index (χ0v) is 19.1. The van der Waals surface area contributed by atoms with Gasteiger partial charge in [0.1, 0.15) is 0 Å². The lowest BCUT2D eigenvalue weighted by atomic mass is 9.47. The van der Waals surface area contributed by atoms with Crippen LogP contribution < -0.4 is 0 Å². The first-order valence-corrected chi connectivity index (χ1v) is 12.0. The van der Waals surface area contributed by atoms with Crippen LogP contribution in [0.3, 0.4) is 0 Å². The third kappa shape index (κ3) is 3.42. The first-order valence-electron chi connectivity index (χ1n) is 12.0. The highest BCUT2D eigenvalue weighted by Crippen LogP contribution is 2.66. The van der Waals surface area contributed by atoms with E-state index in [4.69, 9.17) is 5.11 Å². The van der Waals surface area contributed by atoms with Gasteiger partial charge in [0.15, 0.2) is 5.78 Å². The molecule has 3 heteroatoms. The average molecular weight is 411 g/mol. The number of ketones is 1. The highest BCUT2D eigenvalue weighted by Gasteiger charge is 2.58. The second-order valence-electron chi connectivity index (χ2n) is 11.1. The summed E-state index contributed by atoms with van der Waals surface area (Å²) in [7, 11) is 0. The molecular weight excluding hydrogens is 372 g/mol. The maximum absolute atomic E-state index is 11.9. The molecule has 1 N–H and O–H groups in total. The summed E-state index contributed by atoms with van der Waals surface area (Å²) in [4.78, 5) is 23.0. The number of carbonyl (C=O) groups excluding carboxylic acids is 1. The maximum atomic E-state index is 11.9. The largest absolute Gasteiger partial charge is 0.481 e. The monoisotopic (exact) mass is 410 g/mol. The molecule has 0 aromatic heterocycles. The van der Waals surface area contributed by atoms with Crippen LogP contribution in [0.4, 0.5) is 0 Å². The Labute approximate surface area is 181 Å². The number of aliphatic carboxylic acids is 1. The van der Waals surface area contributed by atoms with Gasteiger partial charge in [0.25, 0.3) is 0 Å². The fourth-order valence-electron chi connectivity index (χ4n) is 7.83. The summed E-state index contributed by atoms with van der Waals surface area (Å²) in [6, 6.07) is 0. The van der Waals surface area contributed by atoms with Gasteiger partial charge in [-0.05, 0) is 92.1 Å². The lowest BCUT2D eigenvalue weighted by molar-refractivity contribution is -0.141. The third-order valence-electron chi connectivity index (χ3n) is 9.62. The van der Waals surface area contributed by atoms with Gasteiger partial charge < -0.3 is 5.11 Å². The number of hydrogen-bond donors (Lipinski definition) is 1. The smallest absolute Gasteiger partial charge is 0.306 e. The van der Waals surface area contributed by atoms with Crippen molar-refractivity contribution in [1.29, 1.82) is 0 Å². The van der Waals surface area contributed by atoms with Gasteiger partial charge in [-0.3, -0.25) is 9.59 Å². The summed E-state index contributed by atoms with van der Waals surface area (Å²) in [5.41, 5.74) is 1.84. The Morgan fingerprint density at radius 1 is 1.20 bits per heavy atom. The summed E-state index contributed by atoms with van der Waals surface area (Å²) in [6.07, 6.45) is 18.4. The van der Waals surface area contributed by atoms with E-state index in [9.17, 15) is 9.59 Å². The summed E-state index contributed by atoms with van der Waals surface area (Å²) in [5.74, 6) is 2.54. The van der Waals surface area contributed by atoms with E-state index in [1.54, 1.807) is 6.92 Å². The van der Waals surface area contributed by atoms with Gasteiger partial charge in [0.2, 0.25) is 0 Å². The lowest BCUT2D eigenvalue weighted by Gasteiger charge is -2.57. The number of carboxylic acid groups (broad SMARTS) is 1. The summed E-state index contributed by atoms with van der Waals surface area (Å²) in [6.45, 7) is 9.04. The second-order valence-corrected chi connectivity index (χ2v) is 11.1. The normalized spacial score (nSPS) is 42.3. The average Bonchev–Trinajstić information content (AvgIpc) is 3.05. The number of carbonyl (C=O) groups is 2. The molecule has 0 unspecified atom stereocenters. The molecule has 0 amide bonds. The third-order valence-corrected chi connectivity index (χ3v) is 9.62. The molecule has 164 valence electrons. The molecule has 4 aliphatic rings. The van der Waals surface area contributed by atoms with Gasteiger partial charge in [-0.2, -0.15) is 0 Å². The van der Waals surface area contributed by atoms with Crippen LogP contribution in [0.25, 0.3) is 0 Å². The minimum atomic E-state index is -0.712. The topological polar surface area (TPSA) is 54.4 Å². The van der Waals surface area contributed by atoms with E-state index in [0.29, 0.717) is 29.6 Å². The molecule has 0 radical (unpaired) electrons.